The van der Waals surface area contributed by atoms with Gasteiger partial charge in [0.1, 0.15) is 5.01 Å². The summed E-state index contributed by atoms with van der Waals surface area (Å²) in [6.07, 6.45) is 5.55. The Hall–Kier alpha value is -0.450. The Balaban J connectivity index is 2.13. The van der Waals surface area contributed by atoms with Crippen LogP contribution in [0.4, 0.5) is 0 Å². The summed E-state index contributed by atoms with van der Waals surface area (Å²) in [5, 5.41) is 5.12. The average molecular weight is 310 g/mol. The van der Waals surface area contributed by atoms with Gasteiger partial charge < -0.3 is 5.32 Å². The summed E-state index contributed by atoms with van der Waals surface area (Å²) in [5.74, 6) is 0.676. The molecule has 2 heterocycles. The largest absolute Gasteiger partial charge is 0.308 e. The smallest absolute Gasteiger partial charge is 0.107 e. The molecule has 0 amide bonds. The fourth-order valence-corrected chi connectivity index (χ4v) is 4.21. The molecule has 1 saturated heterocycles. The fourth-order valence-electron chi connectivity index (χ4n) is 3.32. The summed E-state index contributed by atoms with van der Waals surface area (Å²) >= 11 is 1.88. The molecule has 0 aromatic carbocycles. The minimum absolute atomic E-state index is 0.288. The van der Waals surface area contributed by atoms with Gasteiger partial charge in [0.05, 0.1) is 6.54 Å². The number of aromatic nitrogens is 1. The number of piperazine rings is 1. The Bertz CT molecular complexity index is 437. The zero-order valence-electron chi connectivity index (χ0n) is 14.3. The number of thiazole rings is 1. The standard InChI is InChI=1S/C17H31N3S/c1-6-14-9-18-16(21-14)11-20-12-17(7-2,8-3)19-10-15(20)13(4)5/h9,13,15,19H,6-8,10-12H2,1-5H3. The molecule has 3 nitrogen and oxygen atoms in total. The molecule has 1 aliphatic rings. The maximum atomic E-state index is 4.63. The van der Waals surface area contributed by atoms with Gasteiger partial charge in [0.2, 0.25) is 0 Å². The minimum atomic E-state index is 0.288. The second-order valence-electron chi connectivity index (χ2n) is 6.66. The van der Waals surface area contributed by atoms with Gasteiger partial charge in [0.25, 0.3) is 0 Å². The van der Waals surface area contributed by atoms with E-state index in [1.807, 2.05) is 11.3 Å². The molecule has 4 heteroatoms. The molecule has 1 unspecified atom stereocenters. The Morgan fingerprint density at radius 1 is 1.38 bits per heavy atom. The third-order valence-electron chi connectivity index (χ3n) is 5.07. The van der Waals surface area contributed by atoms with E-state index in [9.17, 15) is 0 Å². The molecule has 0 radical (unpaired) electrons. The van der Waals surface area contributed by atoms with Gasteiger partial charge in [-0.2, -0.15) is 0 Å². The van der Waals surface area contributed by atoms with Gasteiger partial charge in [-0.3, -0.25) is 4.90 Å². The first kappa shape index (κ1) is 16.9. The summed E-state index contributed by atoms with van der Waals surface area (Å²) in [7, 11) is 0. The second-order valence-corrected chi connectivity index (χ2v) is 7.86. The maximum Gasteiger partial charge on any atom is 0.107 e. The predicted octanol–water partition coefficient (Wildman–Crippen LogP) is 3.69. The molecular weight excluding hydrogens is 278 g/mol. The average Bonchev–Trinajstić information content (AvgIpc) is 2.94. The van der Waals surface area contributed by atoms with Crippen LogP contribution in [0.5, 0.6) is 0 Å². The molecule has 0 aliphatic carbocycles. The van der Waals surface area contributed by atoms with Crippen LogP contribution in [-0.2, 0) is 13.0 Å². The van der Waals surface area contributed by atoms with Crippen molar-refractivity contribution in [2.24, 2.45) is 5.92 Å². The Morgan fingerprint density at radius 2 is 2.10 bits per heavy atom. The first-order valence-electron chi connectivity index (χ1n) is 8.46. The van der Waals surface area contributed by atoms with Gasteiger partial charge in [-0.05, 0) is 25.2 Å². The first-order valence-corrected chi connectivity index (χ1v) is 9.27. The van der Waals surface area contributed by atoms with Crippen LogP contribution < -0.4 is 5.32 Å². The number of nitrogens with zero attached hydrogens (tertiary/aromatic N) is 2. The molecule has 0 saturated carbocycles. The third-order valence-corrected chi connectivity index (χ3v) is 6.20. The van der Waals surface area contributed by atoms with E-state index < -0.39 is 0 Å². The van der Waals surface area contributed by atoms with E-state index in [4.69, 9.17) is 0 Å². The van der Waals surface area contributed by atoms with Crippen LogP contribution in [0.1, 0.15) is 57.3 Å². The number of aryl methyl sites for hydroxylation is 1. The zero-order valence-corrected chi connectivity index (χ0v) is 15.1. The molecule has 120 valence electrons. The van der Waals surface area contributed by atoms with Crippen LogP contribution in [0.25, 0.3) is 0 Å². The third kappa shape index (κ3) is 3.85. The van der Waals surface area contributed by atoms with Crippen LogP contribution >= 0.6 is 11.3 Å². The molecule has 0 spiro atoms. The van der Waals surface area contributed by atoms with Crippen LogP contribution in [0.3, 0.4) is 0 Å². The molecule has 1 atom stereocenters. The highest BCUT2D eigenvalue weighted by molar-refractivity contribution is 7.11. The van der Waals surface area contributed by atoms with E-state index in [0.717, 1.165) is 26.1 Å². The van der Waals surface area contributed by atoms with E-state index in [2.05, 4.69) is 56.0 Å². The van der Waals surface area contributed by atoms with Gasteiger partial charge in [-0.1, -0.05) is 34.6 Å². The van der Waals surface area contributed by atoms with E-state index >= 15 is 0 Å². The van der Waals surface area contributed by atoms with Crippen molar-refractivity contribution in [1.82, 2.24) is 15.2 Å². The zero-order chi connectivity index (χ0) is 15.5. The SMILES string of the molecule is CCc1cnc(CN2CC(CC)(CC)NCC2C(C)C)s1. The summed E-state index contributed by atoms with van der Waals surface area (Å²) in [6.45, 7) is 14.8. The molecular formula is C17H31N3S. The van der Waals surface area contributed by atoms with E-state index in [-0.39, 0.29) is 5.54 Å². The molecule has 1 aliphatic heterocycles. The van der Waals surface area contributed by atoms with Crippen LogP contribution in [-0.4, -0.2) is 34.6 Å². The molecule has 1 N–H and O–H groups in total. The first-order chi connectivity index (χ1) is 10.0. The summed E-state index contributed by atoms with van der Waals surface area (Å²) in [5.41, 5.74) is 0.288. The van der Waals surface area contributed by atoms with E-state index in [1.54, 1.807) is 0 Å². The van der Waals surface area contributed by atoms with Crippen LogP contribution in [0.15, 0.2) is 6.20 Å². The monoisotopic (exact) mass is 309 g/mol. The molecule has 21 heavy (non-hydrogen) atoms. The predicted molar refractivity (Wildman–Crippen MR) is 91.8 cm³/mol. The van der Waals surface area contributed by atoms with Crippen molar-refractivity contribution >= 4 is 11.3 Å². The lowest BCUT2D eigenvalue weighted by molar-refractivity contribution is 0.0443. The van der Waals surface area contributed by atoms with Crippen LogP contribution in [0, 0.1) is 5.92 Å². The summed E-state index contributed by atoms with van der Waals surface area (Å²) < 4.78 is 0. The Morgan fingerprint density at radius 3 is 2.62 bits per heavy atom. The van der Waals surface area contributed by atoms with Gasteiger partial charge >= 0.3 is 0 Å². The number of hydrogen-bond donors (Lipinski definition) is 1. The van der Waals surface area contributed by atoms with Crippen molar-refractivity contribution in [2.75, 3.05) is 13.1 Å². The summed E-state index contributed by atoms with van der Waals surface area (Å²) in [6, 6.07) is 0.616. The Labute approximate surface area is 134 Å². The van der Waals surface area contributed by atoms with Crippen molar-refractivity contribution in [1.29, 1.82) is 0 Å². The highest BCUT2D eigenvalue weighted by Gasteiger charge is 2.37. The normalized spacial score (nSPS) is 22.9. The topological polar surface area (TPSA) is 28.2 Å². The lowest BCUT2D eigenvalue weighted by atomic mass is 9.86. The van der Waals surface area contributed by atoms with Gasteiger partial charge in [0.15, 0.2) is 0 Å². The van der Waals surface area contributed by atoms with E-state index in [1.165, 1.54) is 22.7 Å². The van der Waals surface area contributed by atoms with Gasteiger partial charge in [-0.15, -0.1) is 11.3 Å². The Kier molecular flexibility index (Phi) is 5.81. The number of nitrogens with one attached hydrogen (secondary N) is 1. The van der Waals surface area contributed by atoms with Crippen molar-refractivity contribution in [2.45, 2.75) is 72.0 Å². The van der Waals surface area contributed by atoms with Gasteiger partial charge in [0, 0.05) is 35.7 Å². The molecule has 0 bridgehead atoms. The lowest BCUT2D eigenvalue weighted by Gasteiger charge is -2.48. The minimum Gasteiger partial charge on any atom is -0.308 e. The molecule has 1 aromatic heterocycles. The van der Waals surface area contributed by atoms with Crippen LogP contribution in [0.2, 0.25) is 0 Å². The van der Waals surface area contributed by atoms with Gasteiger partial charge in [-0.25, -0.2) is 4.98 Å². The molecule has 2 rings (SSSR count). The lowest BCUT2D eigenvalue weighted by Crippen LogP contribution is -2.64. The highest BCUT2D eigenvalue weighted by Crippen LogP contribution is 2.28. The van der Waals surface area contributed by atoms with Crippen molar-refractivity contribution in [3.8, 4) is 0 Å². The second kappa shape index (κ2) is 7.21. The van der Waals surface area contributed by atoms with E-state index in [0.29, 0.717) is 12.0 Å². The number of rotatable bonds is 6. The van der Waals surface area contributed by atoms with Crippen molar-refractivity contribution in [3.63, 3.8) is 0 Å². The highest BCUT2D eigenvalue weighted by atomic mass is 32.1. The number of hydrogen-bond acceptors (Lipinski definition) is 4. The quantitative estimate of drug-likeness (QED) is 0.868. The fraction of sp³-hybridized carbons (Fsp3) is 0.824. The molecule has 1 aromatic rings. The van der Waals surface area contributed by atoms with Crippen molar-refractivity contribution in [3.05, 3.63) is 16.1 Å². The maximum absolute atomic E-state index is 4.63. The molecule has 1 fully saturated rings. The van der Waals surface area contributed by atoms with Crippen molar-refractivity contribution < 1.29 is 0 Å². The summed E-state index contributed by atoms with van der Waals surface area (Å²) in [4.78, 5) is 8.71.